The van der Waals surface area contributed by atoms with Gasteiger partial charge in [0.1, 0.15) is 6.61 Å². The van der Waals surface area contributed by atoms with Crippen LogP contribution in [0.5, 0.6) is 0 Å². The zero-order valence-corrected chi connectivity index (χ0v) is 11.0. The van der Waals surface area contributed by atoms with Crippen molar-refractivity contribution < 1.29 is 4.74 Å². The molecule has 0 saturated heterocycles. The third-order valence-electron chi connectivity index (χ3n) is 3.40. The second kappa shape index (κ2) is 5.27. The smallest absolute Gasteiger partial charge is 0.216 e. The predicted octanol–water partition coefficient (Wildman–Crippen LogP) is 3.38. The zero-order valence-electron chi connectivity index (χ0n) is 11.0. The summed E-state index contributed by atoms with van der Waals surface area (Å²) in [6.45, 7) is 2.77. The topological polar surface area (TPSA) is 21.6 Å². The van der Waals surface area contributed by atoms with E-state index < -0.39 is 0 Å². The van der Waals surface area contributed by atoms with Crippen molar-refractivity contribution in [3.05, 3.63) is 71.3 Å². The fourth-order valence-electron chi connectivity index (χ4n) is 2.37. The molecule has 1 aliphatic heterocycles. The SMILES string of the molecule is Cc1ccccc1C1=N[C@@H](Cc2ccccc2)CO1. The lowest BCUT2D eigenvalue weighted by atomic mass is 10.1. The van der Waals surface area contributed by atoms with Crippen molar-refractivity contribution in [2.45, 2.75) is 19.4 Å². The van der Waals surface area contributed by atoms with E-state index in [1.165, 1.54) is 11.1 Å². The highest BCUT2D eigenvalue weighted by molar-refractivity contribution is 5.96. The maximum Gasteiger partial charge on any atom is 0.216 e. The van der Waals surface area contributed by atoms with Gasteiger partial charge in [0.2, 0.25) is 5.90 Å². The van der Waals surface area contributed by atoms with Gasteiger partial charge in [-0.05, 0) is 30.5 Å². The van der Waals surface area contributed by atoms with E-state index in [1.54, 1.807) is 0 Å². The van der Waals surface area contributed by atoms with Gasteiger partial charge in [0.15, 0.2) is 0 Å². The van der Waals surface area contributed by atoms with Gasteiger partial charge < -0.3 is 4.74 Å². The summed E-state index contributed by atoms with van der Waals surface area (Å²) in [6.07, 6.45) is 0.941. The molecule has 0 fully saturated rings. The first-order valence-electron chi connectivity index (χ1n) is 6.63. The summed E-state index contributed by atoms with van der Waals surface area (Å²) in [5, 5.41) is 0. The van der Waals surface area contributed by atoms with Crippen molar-refractivity contribution in [1.29, 1.82) is 0 Å². The minimum Gasteiger partial charge on any atom is -0.475 e. The Labute approximate surface area is 113 Å². The van der Waals surface area contributed by atoms with Crippen molar-refractivity contribution >= 4 is 5.90 Å². The second-order valence-electron chi connectivity index (χ2n) is 4.90. The van der Waals surface area contributed by atoms with Gasteiger partial charge in [0.05, 0.1) is 6.04 Å². The molecule has 0 radical (unpaired) electrons. The van der Waals surface area contributed by atoms with Crippen molar-refractivity contribution in [3.8, 4) is 0 Å². The van der Waals surface area contributed by atoms with E-state index in [4.69, 9.17) is 9.73 Å². The van der Waals surface area contributed by atoms with E-state index in [1.807, 2.05) is 18.2 Å². The van der Waals surface area contributed by atoms with Gasteiger partial charge in [-0.1, -0.05) is 48.5 Å². The molecule has 0 bridgehead atoms. The molecule has 3 rings (SSSR count). The van der Waals surface area contributed by atoms with Crippen LogP contribution in [0.2, 0.25) is 0 Å². The Morgan fingerprint density at radius 3 is 2.58 bits per heavy atom. The Kier molecular flexibility index (Phi) is 3.32. The molecule has 0 N–H and O–H groups in total. The van der Waals surface area contributed by atoms with Gasteiger partial charge in [-0.25, -0.2) is 4.99 Å². The highest BCUT2D eigenvalue weighted by Crippen LogP contribution is 2.18. The minimum absolute atomic E-state index is 0.233. The van der Waals surface area contributed by atoms with E-state index in [-0.39, 0.29) is 6.04 Å². The Morgan fingerprint density at radius 1 is 1.05 bits per heavy atom. The number of ether oxygens (including phenoxy) is 1. The summed E-state index contributed by atoms with van der Waals surface area (Å²) >= 11 is 0. The number of hydrogen-bond donors (Lipinski definition) is 0. The molecule has 2 aromatic rings. The van der Waals surface area contributed by atoms with E-state index in [0.29, 0.717) is 6.61 Å². The molecule has 1 aliphatic rings. The maximum absolute atomic E-state index is 5.75. The van der Waals surface area contributed by atoms with Crippen LogP contribution in [0, 0.1) is 6.92 Å². The highest BCUT2D eigenvalue weighted by Gasteiger charge is 2.21. The van der Waals surface area contributed by atoms with E-state index in [9.17, 15) is 0 Å². The molecule has 0 saturated carbocycles. The van der Waals surface area contributed by atoms with Crippen LogP contribution in [0.4, 0.5) is 0 Å². The molecule has 1 heterocycles. The van der Waals surface area contributed by atoms with Crippen LogP contribution in [0.25, 0.3) is 0 Å². The molecule has 19 heavy (non-hydrogen) atoms. The maximum atomic E-state index is 5.75. The lowest BCUT2D eigenvalue weighted by Crippen LogP contribution is -2.09. The van der Waals surface area contributed by atoms with Gasteiger partial charge in [-0.2, -0.15) is 0 Å². The average molecular weight is 251 g/mol. The molecule has 96 valence electrons. The van der Waals surface area contributed by atoms with Crippen molar-refractivity contribution in [2.75, 3.05) is 6.61 Å². The monoisotopic (exact) mass is 251 g/mol. The molecular formula is C17H17NO. The van der Waals surface area contributed by atoms with E-state index in [0.717, 1.165) is 17.9 Å². The van der Waals surface area contributed by atoms with Crippen molar-refractivity contribution in [1.82, 2.24) is 0 Å². The first-order valence-corrected chi connectivity index (χ1v) is 6.63. The van der Waals surface area contributed by atoms with Crippen LogP contribution in [0.3, 0.4) is 0 Å². The van der Waals surface area contributed by atoms with E-state index in [2.05, 4.69) is 43.3 Å². The van der Waals surface area contributed by atoms with Crippen LogP contribution in [-0.2, 0) is 11.2 Å². The molecule has 2 heteroatoms. The molecule has 0 aliphatic carbocycles. The van der Waals surface area contributed by atoms with Gasteiger partial charge in [0.25, 0.3) is 0 Å². The molecule has 2 nitrogen and oxygen atoms in total. The Morgan fingerprint density at radius 2 is 1.79 bits per heavy atom. The number of aliphatic imine (C=N–C) groups is 1. The van der Waals surface area contributed by atoms with Gasteiger partial charge in [-0.3, -0.25) is 0 Å². The number of rotatable bonds is 3. The molecule has 0 amide bonds. The van der Waals surface area contributed by atoms with Crippen LogP contribution >= 0.6 is 0 Å². The summed E-state index contributed by atoms with van der Waals surface area (Å²) in [7, 11) is 0. The van der Waals surface area contributed by atoms with Crippen molar-refractivity contribution in [3.63, 3.8) is 0 Å². The Hall–Kier alpha value is -2.09. The fraction of sp³-hybridized carbons (Fsp3) is 0.235. The second-order valence-corrected chi connectivity index (χ2v) is 4.90. The average Bonchev–Trinajstić information content (AvgIpc) is 2.89. The van der Waals surface area contributed by atoms with E-state index >= 15 is 0 Å². The molecule has 0 spiro atoms. The summed E-state index contributed by atoms with van der Waals surface area (Å²) in [4.78, 5) is 4.71. The van der Waals surface area contributed by atoms with Gasteiger partial charge in [0, 0.05) is 5.56 Å². The van der Waals surface area contributed by atoms with Gasteiger partial charge >= 0.3 is 0 Å². The number of nitrogens with zero attached hydrogens (tertiary/aromatic N) is 1. The molecule has 1 atom stereocenters. The third kappa shape index (κ3) is 2.68. The third-order valence-corrected chi connectivity index (χ3v) is 3.40. The minimum atomic E-state index is 0.233. The molecular weight excluding hydrogens is 234 g/mol. The molecule has 2 aromatic carbocycles. The molecule has 0 aromatic heterocycles. The first kappa shape index (κ1) is 12.0. The summed E-state index contributed by atoms with van der Waals surface area (Å²) < 4.78 is 5.75. The van der Waals surface area contributed by atoms with Crippen LogP contribution in [-0.4, -0.2) is 18.5 Å². The standard InChI is InChI=1S/C17H17NO/c1-13-7-5-6-10-16(13)17-18-15(12-19-17)11-14-8-3-2-4-9-14/h2-10,15H,11-12H2,1H3/t15-/m0/s1. The number of benzene rings is 2. The largest absolute Gasteiger partial charge is 0.475 e. The van der Waals surface area contributed by atoms with Crippen LogP contribution in [0.15, 0.2) is 59.6 Å². The number of hydrogen-bond acceptors (Lipinski definition) is 2. The Balaban J connectivity index is 1.77. The Bertz CT molecular complexity index is 589. The summed E-state index contributed by atoms with van der Waals surface area (Å²) in [5.41, 5.74) is 3.63. The lowest BCUT2D eigenvalue weighted by Gasteiger charge is -2.04. The zero-order chi connectivity index (χ0) is 13.1. The van der Waals surface area contributed by atoms with Gasteiger partial charge in [-0.15, -0.1) is 0 Å². The lowest BCUT2D eigenvalue weighted by molar-refractivity contribution is 0.317. The quantitative estimate of drug-likeness (QED) is 0.819. The predicted molar refractivity (Wildman–Crippen MR) is 77.6 cm³/mol. The number of aryl methyl sites for hydroxylation is 1. The molecule has 0 unspecified atom stereocenters. The first-order chi connectivity index (χ1) is 9.33. The van der Waals surface area contributed by atoms with Crippen molar-refractivity contribution in [2.24, 2.45) is 4.99 Å². The fourth-order valence-corrected chi connectivity index (χ4v) is 2.37. The highest BCUT2D eigenvalue weighted by atomic mass is 16.5. The normalized spacial score (nSPS) is 17.9. The summed E-state index contributed by atoms with van der Waals surface area (Å²) in [5.74, 6) is 0.791. The van der Waals surface area contributed by atoms with Crippen LogP contribution < -0.4 is 0 Å². The van der Waals surface area contributed by atoms with Crippen LogP contribution in [0.1, 0.15) is 16.7 Å². The summed E-state index contributed by atoms with van der Waals surface area (Å²) in [6, 6.07) is 18.9.